The highest BCUT2D eigenvalue weighted by Gasteiger charge is 2.15. The van der Waals surface area contributed by atoms with E-state index in [1.165, 1.54) is 0 Å². The molecule has 3 aromatic rings. The molecule has 0 saturated carbocycles. The number of aryl methyl sites for hydroxylation is 1. The summed E-state index contributed by atoms with van der Waals surface area (Å²) in [6, 6.07) is 9.47. The van der Waals surface area contributed by atoms with Gasteiger partial charge in [-0.15, -0.1) is 0 Å². The lowest BCUT2D eigenvalue weighted by atomic mass is 10.1. The molecule has 0 spiro atoms. The van der Waals surface area contributed by atoms with Crippen LogP contribution in [-0.2, 0) is 0 Å². The minimum absolute atomic E-state index is 0.0820. The number of pyridine rings is 2. The van der Waals surface area contributed by atoms with Crippen LogP contribution < -0.4 is 5.32 Å². The molecule has 3 heterocycles. The molecule has 3 aromatic heterocycles. The lowest BCUT2D eigenvalue weighted by Crippen LogP contribution is -2.27. The van der Waals surface area contributed by atoms with Crippen LogP contribution in [0.3, 0.4) is 0 Å². The Morgan fingerprint density at radius 3 is 2.61 bits per heavy atom. The minimum atomic E-state index is -0.115. The topological polar surface area (TPSA) is 54.9 Å². The molecular formula is C18H17N3OS. The average molecular weight is 323 g/mol. The van der Waals surface area contributed by atoms with Crippen LogP contribution in [0.4, 0.5) is 0 Å². The molecule has 0 unspecified atom stereocenters. The lowest BCUT2D eigenvalue weighted by molar-refractivity contribution is 0.0939. The first kappa shape index (κ1) is 15.4. The summed E-state index contributed by atoms with van der Waals surface area (Å²) in [7, 11) is 0. The Hall–Kier alpha value is -2.53. The van der Waals surface area contributed by atoms with Crippen LogP contribution in [0.15, 0.2) is 53.5 Å². The van der Waals surface area contributed by atoms with E-state index in [-0.39, 0.29) is 11.9 Å². The number of aromatic nitrogens is 2. The second-order valence-corrected chi connectivity index (χ2v) is 6.10. The van der Waals surface area contributed by atoms with Gasteiger partial charge in [-0.2, -0.15) is 11.3 Å². The van der Waals surface area contributed by atoms with E-state index in [4.69, 9.17) is 0 Å². The number of carbonyl (C=O) groups is 1. The van der Waals surface area contributed by atoms with Crippen molar-refractivity contribution in [1.82, 2.24) is 15.3 Å². The van der Waals surface area contributed by atoms with E-state index in [1.807, 2.05) is 54.9 Å². The van der Waals surface area contributed by atoms with E-state index in [2.05, 4.69) is 15.3 Å². The molecule has 0 aliphatic carbocycles. The number of nitrogens with zero attached hydrogens (tertiary/aromatic N) is 2. The van der Waals surface area contributed by atoms with Crippen LogP contribution in [0.5, 0.6) is 0 Å². The lowest BCUT2D eigenvalue weighted by Gasteiger charge is -2.15. The van der Waals surface area contributed by atoms with Crippen molar-refractivity contribution in [1.29, 1.82) is 0 Å². The van der Waals surface area contributed by atoms with Gasteiger partial charge in [0.2, 0.25) is 0 Å². The van der Waals surface area contributed by atoms with Crippen molar-refractivity contribution in [3.8, 4) is 11.3 Å². The fraction of sp³-hybridized carbons (Fsp3) is 0.167. The first-order valence-electron chi connectivity index (χ1n) is 7.36. The Balaban J connectivity index is 1.77. The van der Waals surface area contributed by atoms with E-state index >= 15 is 0 Å². The molecule has 3 rings (SSSR count). The predicted octanol–water partition coefficient (Wildman–Crippen LogP) is 4.00. The van der Waals surface area contributed by atoms with Crippen molar-refractivity contribution in [3.63, 3.8) is 0 Å². The Labute approximate surface area is 139 Å². The van der Waals surface area contributed by atoms with Crippen molar-refractivity contribution in [3.05, 3.63) is 70.3 Å². The van der Waals surface area contributed by atoms with Gasteiger partial charge in [0.15, 0.2) is 0 Å². The monoisotopic (exact) mass is 323 g/mol. The zero-order valence-corrected chi connectivity index (χ0v) is 13.8. The molecular weight excluding hydrogens is 306 g/mol. The van der Waals surface area contributed by atoms with Gasteiger partial charge in [0.05, 0.1) is 23.0 Å². The van der Waals surface area contributed by atoms with Gasteiger partial charge >= 0.3 is 0 Å². The zero-order chi connectivity index (χ0) is 16.2. The smallest absolute Gasteiger partial charge is 0.253 e. The normalized spacial score (nSPS) is 11.9. The zero-order valence-electron chi connectivity index (χ0n) is 13.0. The molecule has 0 fully saturated rings. The van der Waals surface area contributed by atoms with Crippen molar-refractivity contribution in [2.45, 2.75) is 19.9 Å². The average Bonchev–Trinajstić information content (AvgIpc) is 3.10. The van der Waals surface area contributed by atoms with Gasteiger partial charge in [-0.3, -0.25) is 14.8 Å². The van der Waals surface area contributed by atoms with E-state index in [0.29, 0.717) is 5.56 Å². The fourth-order valence-corrected chi connectivity index (χ4v) is 3.03. The summed E-state index contributed by atoms with van der Waals surface area (Å²) in [5.41, 5.74) is 4.32. The van der Waals surface area contributed by atoms with Crippen molar-refractivity contribution < 1.29 is 4.79 Å². The summed E-state index contributed by atoms with van der Waals surface area (Å²) in [4.78, 5) is 21.0. The van der Waals surface area contributed by atoms with E-state index in [9.17, 15) is 4.79 Å². The standard InChI is InChI=1S/C18H17N3OS/c1-12(14-5-8-19-9-6-14)21-18(22)16-3-4-17(20-13(16)2)15-7-10-23-11-15/h3-12H,1-2H3,(H,21,22)/t12-/m0/s1. The third-order valence-corrected chi connectivity index (χ3v) is 4.38. The van der Waals surface area contributed by atoms with Gasteiger partial charge in [0.25, 0.3) is 5.91 Å². The first-order chi connectivity index (χ1) is 11.1. The van der Waals surface area contributed by atoms with Crippen LogP contribution in [0.1, 0.15) is 34.6 Å². The predicted molar refractivity (Wildman–Crippen MR) is 92.4 cm³/mol. The second kappa shape index (κ2) is 6.71. The minimum Gasteiger partial charge on any atom is -0.345 e. The maximum absolute atomic E-state index is 12.5. The molecule has 0 radical (unpaired) electrons. The summed E-state index contributed by atoms with van der Waals surface area (Å²) in [6.07, 6.45) is 3.45. The van der Waals surface area contributed by atoms with Gasteiger partial charge in [0, 0.05) is 23.3 Å². The summed E-state index contributed by atoms with van der Waals surface area (Å²) in [6.45, 7) is 3.82. The van der Waals surface area contributed by atoms with Crippen molar-refractivity contribution >= 4 is 17.2 Å². The highest BCUT2D eigenvalue weighted by atomic mass is 32.1. The molecule has 23 heavy (non-hydrogen) atoms. The van der Waals surface area contributed by atoms with Crippen LogP contribution in [0, 0.1) is 6.92 Å². The molecule has 0 saturated heterocycles. The fourth-order valence-electron chi connectivity index (χ4n) is 2.38. The summed E-state index contributed by atoms with van der Waals surface area (Å²) >= 11 is 1.63. The number of rotatable bonds is 4. The molecule has 4 nitrogen and oxygen atoms in total. The van der Waals surface area contributed by atoms with E-state index in [1.54, 1.807) is 23.7 Å². The van der Waals surface area contributed by atoms with Crippen LogP contribution in [0.25, 0.3) is 11.3 Å². The van der Waals surface area contributed by atoms with Crippen LogP contribution in [0.2, 0.25) is 0 Å². The maximum Gasteiger partial charge on any atom is 0.253 e. The molecule has 116 valence electrons. The van der Waals surface area contributed by atoms with E-state index in [0.717, 1.165) is 22.5 Å². The molecule has 0 aromatic carbocycles. The number of nitrogens with one attached hydrogen (secondary N) is 1. The van der Waals surface area contributed by atoms with E-state index < -0.39 is 0 Å². The molecule has 0 aliphatic rings. The van der Waals surface area contributed by atoms with Gasteiger partial charge in [-0.1, -0.05) is 0 Å². The molecule has 1 amide bonds. The van der Waals surface area contributed by atoms with Gasteiger partial charge < -0.3 is 5.32 Å². The van der Waals surface area contributed by atoms with Crippen LogP contribution >= 0.6 is 11.3 Å². The summed E-state index contributed by atoms with van der Waals surface area (Å²) in [5.74, 6) is -0.115. The SMILES string of the molecule is Cc1nc(-c2ccsc2)ccc1C(=O)N[C@@H](C)c1ccncc1. The Morgan fingerprint density at radius 1 is 1.17 bits per heavy atom. The number of hydrogen-bond acceptors (Lipinski definition) is 4. The summed E-state index contributed by atoms with van der Waals surface area (Å²) in [5, 5.41) is 7.07. The van der Waals surface area contributed by atoms with Crippen LogP contribution in [-0.4, -0.2) is 15.9 Å². The number of carbonyl (C=O) groups excluding carboxylic acids is 1. The third-order valence-electron chi connectivity index (χ3n) is 3.70. The molecule has 1 N–H and O–H groups in total. The van der Waals surface area contributed by atoms with Crippen molar-refractivity contribution in [2.24, 2.45) is 0 Å². The first-order valence-corrected chi connectivity index (χ1v) is 8.30. The number of amides is 1. The second-order valence-electron chi connectivity index (χ2n) is 5.32. The van der Waals surface area contributed by atoms with Crippen molar-refractivity contribution in [2.75, 3.05) is 0 Å². The Morgan fingerprint density at radius 2 is 1.96 bits per heavy atom. The molecule has 0 aliphatic heterocycles. The molecule has 1 atom stereocenters. The van der Waals surface area contributed by atoms with Gasteiger partial charge in [-0.25, -0.2) is 0 Å². The Bertz CT molecular complexity index is 800. The molecule has 0 bridgehead atoms. The quantitative estimate of drug-likeness (QED) is 0.789. The maximum atomic E-state index is 12.5. The highest BCUT2D eigenvalue weighted by Crippen LogP contribution is 2.22. The van der Waals surface area contributed by atoms with Gasteiger partial charge in [-0.05, 0) is 55.1 Å². The Kier molecular flexibility index (Phi) is 4.48. The largest absolute Gasteiger partial charge is 0.345 e. The summed E-state index contributed by atoms with van der Waals surface area (Å²) < 4.78 is 0. The number of thiophene rings is 1. The molecule has 5 heteroatoms. The highest BCUT2D eigenvalue weighted by molar-refractivity contribution is 7.08. The number of hydrogen-bond donors (Lipinski definition) is 1. The van der Waals surface area contributed by atoms with Gasteiger partial charge in [0.1, 0.15) is 0 Å². The third kappa shape index (κ3) is 3.46.